The standard InChI is InChI=1S/C30H26FN5O6/c1-5-18-9-12-23(22(31)13-18)33-27-25-26(16(2)28(39)34(27)4)35(30(41)36(29(25)40)20-10-11-20)21-8-6-7-19(14-21)32-24(38)15-42-17(3)37/h1,6-9,12-14,20,33H,10-11,15H2,2-4H3,(H,32,38). The average Bonchev–Trinajstić information content (AvgIpc) is 3.79. The zero-order chi connectivity index (χ0) is 30.3. The fourth-order valence-electron chi connectivity index (χ4n) is 4.78. The molecule has 0 unspecified atom stereocenters. The second-order valence-corrected chi connectivity index (χ2v) is 9.93. The summed E-state index contributed by atoms with van der Waals surface area (Å²) in [6.45, 7) is 2.17. The van der Waals surface area contributed by atoms with Crippen LogP contribution in [0, 0.1) is 25.1 Å². The van der Waals surface area contributed by atoms with Crippen molar-refractivity contribution in [1.29, 1.82) is 0 Å². The molecule has 2 aromatic carbocycles. The Hall–Kier alpha value is -5.44. The van der Waals surface area contributed by atoms with Crippen molar-refractivity contribution in [3.05, 3.63) is 90.6 Å². The molecule has 5 rings (SSSR count). The molecule has 12 heteroatoms. The zero-order valence-corrected chi connectivity index (χ0v) is 23.0. The predicted octanol–water partition coefficient (Wildman–Crippen LogP) is 2.86. The SMILES string of the molecule is C#Cc1ccc(Nc2c3c(=O)n(C4CC4)c(=O)n(-c4cccc(NC(=O)COC(C)=O)c4)c3c(C)c(=O)n2C)c(F)c1. The number of nitrogens with zero attached hydrogens (tertiary/aromatic N) is 3. The first kappa shape index (κ1) is 28.1. The van der Waals surface area contributed by atoms with Gasteiger partial charge in [0.25, 0.3) is 17.0 Å². The smallest absolute Gasteiger partial charge is 0.336 e. The third-order valence-corrected chi connectivity index (χ3v) is 6.94. The lowest BCUT2D eigenvalue weighted by atomic mass is 10.1. The summed E-state index contributed by atoms with van der Waals surface area (Å²) < 4.78 is 23.3. The van der Waals surface area contributed by atoms with Crippen LogP contribution in [0.3, 0.4) is 0 Å². The highest BCUT2D eigenvalue weighted by molar-refractivity contribution is 5.95. The number of terminal acetylenes is 1. The largest absolute Gasteiger partial charge is 0.456 e. The Morgan fingerprint density at radius 3 is 2.50 bits per heavy atom. The molecule has 1 saturated carbocycles. The van der Waals surface area contributed by atoms with Gasteiger partial charge in [0.1, 0.15) is 17.0 Å². The van der Waals surface area contributed by atoms with Crippen molar-refractivity contribution < 1.29 is 18.7 Å². The molecule has 0 aliphatic heterocycles. The van der Waals surface area contributed by atoms with Gasteiger partial charge < -0.3 is 15.4 Å². The number of benzene rings is 2. The van der Waals surface area contributed by atoms with Crippen molar-refractivity contribution >= 4 is 40.0 Å². The Morgan fingerprint density at radius 1 is 1.12 bits per heavy atom. The van der Waals surface area contributed by atoms with Crippen LogP contribution in [0.2, 0.25) is 0 Å². The first-order valence-corrected chi connectivity index (χ1v) is 13.0. The van der Waals surface area contributed by atoms with Gasteiger partial charge in [-0.2, -0.15) is 0 Å². The van der Waals surface area contributed by atoms with Gasteiger partial charge in [-0.25, -0.2) is 9.18 Å². The summed E-state index contributed by atoms with van der Waals surface area (Å²) >= 11 is 0. The number of pyridine rings is 1. The van der Waals surface area contributed by atoms with Gasteiger partial charge in [-0.3, -0.25) is 32.9 Å². The van der Waals surface area contributed by atoms with Crippen LogP contribution in [-0.4, -0.2) is 32.2 Å². The molecule has 42 heavy (non-hydrogen) atoms. The van der Waals surface area contributed by atoms with Crippen molar-refractivity contribution in [3.8, 4) is 18.0 Å². The van der Waals surface area contributed by atoms with Crippen LogP contribution in [0.15, 0.2) is 56.8 Å². The number of amides is 1. The molecule has 1 aliphatic rings. The Kier molecular flexibility index (Phi) is 7.26. The third kappa shape index (κ3) is 5.08. The number of rotatable bonds is 7. The number of aromatic nitrogens is 3. The summed E-state index contributed by atoms with van der Waals surface area (Å²) in [6.07, 6.45) is 6.60. The lowest BCUT2D eigenvalue weighted by molar-refractivity contribution is -0.144. The van der Waals surface area contributed by atoms with Crippen molar-refractivity contribution in [1.82, 2.24) is 13.7 Å². The van der Waals surface area contributed by atoms with Crippen LogP contribution < -0.4 is 27.4 Å². The van der Waals surface area contributed by atoms with Gasteiger partial charge in [0, 0.05) is 36.8 Å². The van der Waals surface area contributed by atoms with Gasteiger partial charge in [-0.1, -0.05) is 12.0 Å². The molecular formula is C30H26FN5O6. The molecule has 0 bridgehead atoms. The molecule has 0 radical (unpaired) electrons. The number of hydrogen-bond donors (Lipinski definition) is 2. The number of esters is 1. The Balaban J connectivity index is 1.77. The number of anilines is 3. The fraction of sp³-hybridized carbons (Fsp3) is 0.233. The molecule has 1 fully saturated rings. The van der Waals surface area contributed by atoms with Gasteiger partial charge in [0.15, 0.2) is 6.61 Å². The van der Waals surface area contributed by atoms with Crippen molar-refractivity contribution in [3.63, 3.8) is 0 Å². The number of carbonyl (C=O) groups is 2. The van der Waals surface area contributed by atoms with E-state index < -0.39 is 41.1 Å². The van der Waals surface area contributed by atoms with Crippen LogP contribution in [0.1, 0.15) is 36.9 Å². The molecule has 1 amide bonds. The van der Waals surface area contributed by atoms with Gasteiger partial charge in [-0.15, -0.1) is 6.42 Å². The van der Waals surface area contributed by atoms with Crippen molar-refractivity contribution in [2.45, 2.75) is 32.7 Å². The molecule has 2 aromatic heterocycles. The van der Waals surface area contributed by atoms with E-state index in [2.05, 4.69) is 16.6 Å². The second-order valence-electron chi connectivity index (χ2n) is 9.93. The fourth-order valence-corrected chi connectivity index (χ4v) is 4.78. The molecule has 1 aliphatic carbocycles. The van der Waals surface area contributed by atoms with Crippen LogP contribution >= 0.6 is 0 Å². The van der Waals surface area contributed by atoms with E-state index in [0.29, 0.717) is 18.4 Å². The first-order chi connectivity index (χ1) is 20.0. The van der Waals surface area contributed by atoms with E-state index in [1.165, 1.54) is 48.2 Å². The number of nitrogens with one attached hydrogen (secondary N) is 2. The van der Waals surface area contributed by atoms with Crippen LogP contribution in [-0.2, 0) is 21.4 Å². The van der Waals surface area contributed by atoms with Gasteiger partial charge in [0.05, 0.1) is 16.9 Å². The van der Waals surface area contributed by atoms with E-state index >= 15 is 0 Å². The molecular weight excluding hydrogens is 545 g/mol. The van der Waals surface area contributed by atoms with Crippen LogP contribution in [0.25, 0.3) is 16.6 Å². The minimum Gasteiger partial charge on any atom is -0.456 e. The Bertz CT molecular complexity index is 2010. The van der Waals surface area contributed by atoms with Gasteiger partial charge in [-0.05, 0) is 56.2 Å². The van der Waals surface area contributed by atoms with E-state index in [1.54, 1.807) is 18.2 Å². The highest BCUT2D eigenvalue weighted by atomic mass is 19.1. The molecule has 4 aromatic rings. The highest BCUT2D eigenvalue weighted by Gasteiger charge is 2.31. The molecule has 0 spiro atoms. The number of halogens is 1. The van der Waals surface area contributed by atoms with Crippen molar-refractivity contribution in [2.24, 2.45) is 7.05 Å². The zero-order valence-electron chi connectivity index (χ0n) is 23.0. The summed E-state index contributed by atoms with van der Waals surface area (Å²) in [7, 11) is 1.44. The van der Waals surface area contributed by atoms with E-state index in [4.69, 9.17) is 11.2 Å². The highest BCUT2D eigenvalue weighted by Crippen LogP contribution is 2.34. The predicted molar refractivity (Wildman–Crippen MR) is 155 cm³/mol. The summed E-state index contributed by atoms with van der Waals surface area (Å²) in [4.78, 5) is 64.6. The molecule has 0 atom stereocenters. The summed E-state index contributed by atoms with van der Waals surface area (Å²) in [5.74, 6) is 0.430. The first-order valence-electron chi connectivity index (χ1n) is 13.0. The maximum Gasteiger partial charge on any atom is 0.336 e. The summed E-state index contributed by atoms with van der Waals surface area (Å²) in [5.41, 5.74) is -0.827. The number of aryl methyl sites for hydroxylation is 1. The van der Waals surface area contributed by atoms with E-state index in [0.717, 1.165) is 10.6 Å². The number of fused-ring (bicyclic) bond motifs is 1. The lowest BCUT2D eigenvalue weighted by Crippen LogP contribution is -2.41. The molecule has 2 heterocycles. The van der Waals surface area contributed by atoms with E-state index in [-0.39, 0.29) is 45.4 Å². The van der Waals surface area contributed by atoms with Crippen molar-refractivity contribution in [2.75, 3.05) is 17.2 Å². The number of ether oxygens (including phenoxy) is 1. The number of hydrogen-bond acceptors (Lipinski definition) is 7. The van der Waals surface area contributed by atoms with Crippen LogP contribution in [0.5, 0.6) is 0 Å². The van der Waals surface area contributed by atoms with Crippen LogP contribution in [0.4, 0.5) is 21.6 Å². The molecule has 2 N–H and O–H groups in total. The minimum atomic E-state index is -0.695. The normalized spacial score (nSPS) is 12.5. The molecule has 11 nitrogen and oxygen atoms in total. The second kappa shape index (κ2) is 10.9. The summed E-state index contributed by atoms with van der Waals surface area (Å²) in [5, 5.41) is 5.48. The topological polar surface area (TPSA) is 133 Å². The molecule has 0 saturated heterocycles. The summed E-state index contributed by atoms with van der Waals surface area (Å²) in [6, 6.07) is 9.96. The van der Waals surface area contributed by atoms with Gasteiger partial charge in [0.2, 0.25) is 0 Å². The monoisotopic (exact) mass is 571 g/mol. The van der Waals surface area contributed by atoms with E-state index in [9.17, 15) is 28.4 Å². The quantitative estimate of drug-likeness (QED) is 0.257. The maximum atomic E-state index is 15.0. The average molecular weight is 572 g/mol. The van der Waals surface area contributed by atoms with Gasteiger partial charge >= 0.3 is 11.7 Å². The molecule has 214 valence electrons. The third-order valence-electron chi connectivity index (χ3n) is 6.94. The lowest BCUT2D eigenvalue weighted by Gasteiger charge is -2.21. The minimum absolute atomic E-state index is 0.00539. The Morgan fingerprint density at radius 2 is 1.86 bits per heavy atom. The Labute approximate surface area is 238 Å². The maximum absolute atomic E-state index is 15.0. The van der Waals surface area contributed by atoms with E-state index in [1.807, 2.05) is 0 Å². The number of carbonyl (C=O) groups excluding carboxylic acids is 2.